The first-order chi connectivity index (χ1) is 13.2. The Hall–Kier alpha value is -3.28. The van der Waals surface area contributed by atoms with Gasteiger partial charge in [0.15, 0.2) is 11.5 Å². The number of hydrogen-bond donors (Lipinski definition) is 1. The molecule has 2 aromatic carbocycles. The molecule has 3 aromatic rings. The van der Waals surface area contributed by atoms with E-state index < -0.39 is 6.10 Å². The van der Waals surface area contributed by atoms with E-state index >= 15 is 0 Å². The van der Waals surface area contributed by atoms with E-state index in [0.717, 1.165) is 11.1 Å². The van der Waals surface area contributed by atoms with Gasteiger partial charge in [-0.2, -0.15) is 5.10 Å². The van der Waals surface area contributed by atoms with Crippen LogP contribution in [-0.4, -0.2) is 27.9 Å². The molecule has 0 bridgehead atoms. The van der Waals surface area contributed by atoms with Crippen molar-refractivity contribution in [3.8, 4) is 11.5 Å². The van der Waals surface area contributed by atoms with E-state index in [9.17, 15) is 4.79 Å². The summed E-state index contributed by atoms with van der Waals surface area (Å²) in [7, 11) is 0. The zero-order valence-corrected chi connectivity index (χ0v) is 15.0. The molecule has 2 atom stereocenters. The van der Waals surface area contributed by atoms with E-state index in [1.807, 2.05) is 66.3 Å². The van der Waals surface area contributed by atoms with Crippen LogP contribution in [0.3, 0.4) is 0 Å². The van der Waals surface area contributed by atoms with Crippen LogP contribution in [0.1, 0.15) is 18.1 Å². The Labute approximate surface area is 157 Å². The van der Waals surface area contributed by atoms with Crippen molar-refractivity contribution < 1.29 is 14.3 Å². The summed E-state index contributed by atoms with van der Waals surface area (Å²) in [5.74, 6) is 1.07. The van der Waals surface area contributed by atoms with E-state index in [-0.39, 0.29) is 12.0 Å². The van der Waals surface area contributed by atoms with Crippen molar-refractivity contribution >= 4 is 5.91 Å². The number of ether oxygens (including phenoxy) is 2. The molecule has 0 saturated heterocycles. The van der Waals surface area contributed by atoms with E-state index in [4.69, 9.17) is 9.47 Å². The van der Waals surface area contributed by atoms with Crippen LogP contribution in [0.4, 0.5) is 0 Å². The Balaban J connectivity index is 1.43. The average Bonchev–Trinajstić information content (AvgIpc) is 3.19. The number of carbonyl (C=O) groups excluding carboxylic acids is 1. The third kappa shape index (κ3) is 3.79. The standard InChI is InChI=1S/C21H21N3O3/c1-15-20(27-19-10-5-4-9-18(19)26-15)21(25)22-13-16-7-2-3-8-17(16)14-24-12-6-11-23-24/h2-12,15,20H,13-14H2,1H3,(H,22,25)/t15-,20+/m0/s1. The molecular formula is C21H21N3O3. The summed E-state index contributed by atoms with van der Waals surface area (Å²) in [6, 6.07) is 17.3. The molecule has 138 valence electrons. The first kappa shape index (κ1) is 17.1. The van der Waals surface area contributed by atoms with Crippen LogP contribution in [0, 0.1) is 0 Å². The van der Waals surface area contributed by atoms with Crippen LogP contribution in [0.5, 0.6) is 11.5 Å². The van der Waals surface area contributed by atoms with Crippen LogP contribution in [-0.2, 0) is 17.9 Å². The van der Waals surface area contributed by atoms with Crippen molar-refractivity contribution in [2.45, 2.75) is 32.2 Å². The second-order valence-corrected chi connectivity index (χ2v) is 6.50. The number of nitrogens with one attached hydrogen (secondary N) is 1. The lowest BCUT2D eigenvalue weighted by Gasteiger charge is -2.31. The van der Waals surface area contributed by atoms with Gasteiger partial charge < -0.3 is 14.8 Å². The van der Waals surface area contributed by atoms with E-state index in [0.29, 0.717) is 24.6 Å². The second kappa shape index (κ2) is 7.53. The monoisotopic (exact) mass is 363 g/mol. The van der Waals surface area contributed by atoms with Gasteiger partial charge in [0.2, 0.25) is 6.10 Å². The molecule has 0 saturated carbocycles. The molecule has 0 radical (unpaired) electrons. The van der Waals surface area contributed by atoms with Crippen molar-refractivity contribution in [1.82, 2.24) is 15.1 Å². The third-order valence-corrected chi connectivity index (χ3v) is 4.56. The van der Waals surface area contributed by atoms with Crippen molar-refractivity contribution in [3.05, 3.63) is 78.1 Å². The summed E-state index contributed by atoms with van der Waals surface area (Å²) in [4.78, 5) is 12.7. The minimum atomic E-state index is -0.682. The zero-order valence-electron chi connectivity index (χ0n) is 15.0. The molecule has 0 unspecified atom stereocenters. The van der Waals surface area contributed by atoms with Crippen LogP contribution in [0.25, 0.3) is 0 Å². The summed E-state index contributed by atoms with van der Waals surface area (Å²) in [5.41, 5.74) is 2.16. The van der Waals surface area contributed by atoms with Gasteiger partial charge >= 0.3 is 0 Å². The molecule has 6 nitrogen and oxygen atoms in total. The number of benzene rings is 2. The molecule has 1 aliphatic rings. The highest BCUT2D eigenvalue weighted by atomic mass is 16.6. The first-order valence-corrected chi connectivity index (χ1v) is 8.95. The van der Waals surface area contributed by atoms with Gasteiger partial charge in [0.05, 0.1) is 6.54 Å². The minimum absolute atomic E-state index is 0.189. The van der Waals surface area contributed by atoms with Gasteiger partial charge in [0.1, 0.15) is 6.10 Å². The number of aromatic nitrogens is 2. The number of nitrogens with zero attached hydrogens (tertiary/aromatic N) is 2. The number of para-hydroxylation sites is 2. The SMILES string of the molecule is C[C@@H]1Oc2ccccc2O[C@H]1C(=O)NCc1ccccc1Cn1cccn1. The predicted molar refractivity (Wildman–Crippen MR) is 101 cm³/mol. The van der Waals surface area contributed by atoms with Crippen molar-refractivity contribution in [3.63, 3.8) is 0 Å². The van der Waals surface area contributed by atoms with Gasteiger partial charge in [-0.1, -0.05) is 36.4 Å². The van der Waals surface area contributed by atoms with E-state index in [2.05, 4.69) is 10.4 Å². The van der Waals surface area contributed by atoms with Crippen molar-refractivity contribution in [2.24, 2.45) is 0 Å². The zero-order chi connectivity index (χ0) is 18.6. The summed E-state index contributed by atoms with van der Waals surface area (Å²) in [6.07, 6.45) is 2.63. The molecule has 1 aliphatic heterocycles. The van der Waals surface area contributed by atoms with Crippen LogP contribution in [0.15, 0.2) is 67.0 Å². The number of amides is 1. The molecular weight excluding hydrogens is 342 g/mol. The summed E-state index contributed by atoms with van der Waals surface area (Å²) in [6.45, 7) is 2.92. The van der Waals surface area contributed by atoms with Crippen molar-refractivity contribution in [1.29, 1.82) is 0 Å². The van der Waals surface area contributed by atoms with Gasteiger partial charge in [-0.15, -0.1) is 0 Å². The highest BCUT2D eigenvalue weighted by molar-refractivity contribution is 5.82. The fourth-order valence-corrected chi connectivity index (χ4v) is 3.14. The lowest BCUT2D eigenvalue weighted by molar-refractivity contribution is -0.133. The van der Waals surface area contributed by atoms with Gasteiger partial charge in [-0.3, -0.25) is 9.48 Å². The molecule has 6 heteroatoms. The van der Waals surface area contributed by atoms with E-state index in [1.54, 1.807) is 12.3 Å². The fraction of sp³-hybridized carbons (Fsp3) is 0.238. The molecule has 27 heavy (non-hydrogen) atoms. The lowest BCUT2D eigenvalue weighted by atomic mass is 10.1. The first-order valence-electron chi connectivity index (χ1n) is 8.95. The van der Waals surface area contributed by atoms with Gasteiger partial charge in [-0.25, -0.2) is 0 Å². The molecule has 1 aromatic heterocycles. The Morgan fingerprint density at radius 1 is 1.04 bits per heavy atom. The Kier molecular flexibility index (Phi) is 4.78. The number of rotatable bonds is 5. The maximum Gasteiger partial charge on any atom is 0.265 e. The normalized spacial score (nSPS) is 18.1. The Morgan fingerprint density at radius 2 is 1.74 bits per heavy atom. The van der Waals surface area contributed by atoms with E-state index in [1.165, 1.54) is 0 Å². The summed E-state index contributed by atoms with van der Waals surface area (Å²) in [5, 5.41) is 7.22. The quantitative estimate of drug-likeness (QED) is 0.757. The predicted octanol–water partition coefficient (Wildman–Crippen LogP) is 2.78. The van der Waals surface area contributed by atoms with Gasteiger partial charge in [-0.05, 0) is 36.2 Å². The highest BCUT2D eigenvalue weighted by Crippen LogP contribution is 2.33. The molecule has 1 N–H and O–H groups in total. The minimum Gasteiger partial charge on any atom is -0.482 e. The van der Waals surface area contributed by atoms with Gasteiger partial charge in [0, 0.05) is 18.9 Å². The maximum absolute atomic E-state index is 12.7. The number of fused-ring (bicyclic) bond motifs is 1. The molecule has 4 rings (SSSR count). The third-order valence-electron chi connectivity index (χ3n) is 4.56. The molecule has 0 fully saturated rings. The van der Waals surface area contributed by atoms with Crippen LogP contribution in [0.2, 0.25) is 0 Å². The second-order valence-electron chi connectivity index (χ2n) is 6.50. The molecule has 1 amide bonds. The van der Waals surface area contributed by atoms with Gasteiger partial charge in [0.25, 0.3) is 5.91 Å². The largest absolute Gasteiger partial charge is 0.482 e. The fourth-order valence-electron chi connectivity index (χ4n) is 3.14. The average molecular weight is 363 g/mol. The number of carbonyl (C=O) groups is 1. The molecule has 0 aliphatic carbocycles. The number of hydrogen-bond acceptors (Lipinski definition) is 4. The Morgan fingerprint density at radius 3 is 2.48 bits per heavy atom. The molecule has 0 spiro atoms. The molecule has 2 heterocycles. The lowest BCUT2D eigenvalue weighted by Crippen LogP contribution is -2.48. The van der Waals surface area contributed by atoms with Crippen LogP contribution >= 0.6 is 0 Å². The topological polar surface area (TPSA) is 65.4 Å². The summed E-state index contributed by atoms with van der Waals surface area (Å²) >= 11 is 0. The summed E-state index contributed by atoms with van der Waals surface area (Å²) < 4.78 is 13.5. The van der Waals surface area contributed by atoms with Crippen LogP contribution < -0.4 is 14.8 Å². The smallest absolute Gasteiger partial charge is 0.265 e. The maximum atomic E-state index is 12.7. The van der Waals surface area contributed by atoms with Crippen molar-refractivity contribution in [2.75, 3.05) is 0 Å². The Bertz CT molecular complexity index is 924. The highest BCUT2D eigenvalue weighted by Gasteiger charge is 2.33.